The molecule has 0 aliphatic carbocycles. The number of esters is 1. The Morgan fingerprint density at radius 1 is 1.28 bits per heavy atom. The molecule has 100 valence electrons. The summed E-state index contributed by atoms with van der Waals surface area (Å²) in [5, 5.41) is 0.160. The summed E-state index contributed by atoms with van der Waals surface area (Å²) < 4.78 is 15.0. The van der Waals surface area contributed by atoms with Gasteiger partial charge >= 0.3 is 5.97 Å². The Morgan fingerprint density at radius 2 is 2.11 bits per heavy atom. The molecule has 0 atom stereocenters. The van der Waals surface area contributed by atoms with Gasteiger partial charge in [-0.1, -0.05) is 11.6 Å². The lowest BCUT2D eigenvalue weighted by Crippen LogP contribution is -2.11. The molecule has 1 aromatic rings. The number of ether oxygens (including phenoxy) is 3. The predicted octanol–water partition coefficient (Wildman–Crippen LogP) is 1.34. The van der Waals surface area contributed by atoms with E-state index < -0.39 is 5.97 Å². The van der Waals surface area contributed by atoms with Gasteiger partial charge in [0.1, 0.15) is 5.15 Å². The maximum atomic E-state index is 11.5. The molecule has 0 amide bonds. The third-order valence-electron chi connectivity index (χ3n) is 1.91. The number of rotatable bonds is 8. The summed E-state index contributed by atoms with van der Waals surface area (Å²) in [5.74, 6) is -0.540. The number of methoxy groups -OCH3 is 1. The smallest absolute Gasteiger partial charge is 0.358 e. The van der Waals surface area contributed by atoms with Gasteiger partial charge in [0, 0.05) is 20.1 Å². The number of nitrogens with zero attached hydrogens (tertiary/aromatic N) is 2. The van der Waals surface area contributed by atoms with Crippen LogP contribution in [0.25, 0.3) is 0 Å². The minimum atomic E-state index is -0.540. The molecule has 0 fully saturated rings. The summed E-state index contributed by atoms with van der Waals surface area (Å²) in [4.78, 5) is 19.0. The maximum absolute atomic E-state index is 11.5. The topological polar surface area (TPSA) is 70.5 Å². The molecule has 0 aromatic carbocycles. The van der Waals surface area contributed by atoms with Crippen LogP contribution in [0.5, 0.6) is 0 Å². The fourth-order valence-corrected chi connectivity index (χ4v) is 1.23. The van der Waals surface area contributed by atoms with Crippen LogP contribution in [-0.2, 0) is 14.2 Å². The van der Waals surface area contributed by atoms with E-state index in [0.717, 1.165) is 0 Å². The number of carbonyl (C=O) groups is 1. The summed E-state index contributed by atoms with van der Waals surface area (Å²) in [6.45, 7) is 1.86. The Labute approximate surface area is 110 Å². The van der Waals surface area contributed by atoms with Crippen molar-refractivity contribution in [1.82, 2.24) is 9.97 Å². The van der Waals surface area contributed by atoms with E-state index in [0.29, 0.717) is 26.2 Å². The van der Waals surface area contributed by atoms with Crippen LogP contribution in [0.2, 0.25) is 5.15 Å². The lowest BCUT2D eigenvalue weighted by molar-refractivity contribution is 0.0380. The molecule has 0 saturated heterocycles. The minimum absolute atomic E-state index is 0.0998. The van der Waals surface area contributed by atoms with Gasteiger partial charge in [0.2, 0.25) is 0 Å². The number of halogens is 1. The molecule has 7 heteroatoms. The van der Waals surface area contributed by atoms with Gasteiger partial charge in [-0.15, -0.1) is 0 Å². The zero-order valence-electron chi connectivity index (χ0n) is 10.1. The Bertz CT molecular complexity index is 376. The molecule has 6 nitrogen and oxygen atoms in total. The summed E-state index contributed by atoms with van der Waals surface area (Å²) in [6.07, 6.45) is 3.27. The van der Waals surface area contributed by atoms with E-state index in [1.165, 1.54) is 12.4 Å². The largest absolute Gasteiger partial charge is 0.461 e. The van der Waals surface area contributed by atoms with Gasteiger partial charge in [0.05, 0.1) is 32.2 Å². The van der Waals surface area contributed by atoms with Crippen molar-refractivity contribution < 1.29 is 19.0 Å². The van der Waals surface area contributed by atoms with E-state index in [9.17, 15) is 4.79 Å². The molecule has 0 unspecified atom stereocenters. The van der Waals surface area contributed by atoms with Crippen LogP contribution in [0.3, 0.4) is 0 Å². The van der Waals surface area contributed by atoms with E-state index >= 15 is 0 Å². The lowest BCUT2D eigenvalue weighted by Gasteiger charge is -2.05. The van der Waals surface area contributed by atoms with Gasteiger partial charge in [-0.2, -0.15) is 0 Å². The van der Waals surface area contributed by atoms with Crippen molar-refractivity contribution in [3.05, 3.63) is 23.2 Å². The molecule has 0 aliphatic heterocycles. The molecular formula is C11H15ClN2O4. The number of carbonyl (C=O) groups excluding carboxylic acids is 1. The molecule has 0 saturated carbocycles. The number of hydrogen-bond donors (Lipinski definition) is 0. The van der Waals surface area contributed by atoms with Crippen LogP contribution >= 0.6 is 11.6 Å². The van der Waals surface area contributed by atoms with Gasteiger partial charge in [0.15, 0.2) is 5.69 Å². The predicted molar refractivity (Wildman–Crippen MR) is 64.6 cm³/mol. The molecule has 0 aliphatic rings. The first-order valence-electron chi connectivity index (χ1n) is 5.45. The second-order valence-corrected chi connectivity index (χ2v) is 3.71. The minimum Gasteiger partial charge on any atom is -0.461 e. The third kappa shape index (κ3) is 5.90. The van der Waals surface area contributed by atoms with Gasteiger partial charge in [-0.05, 0) is 0 Å². The van der Waals surface area contributed by atoms with Crippen LogP contribution in [0, 0.1) is 0 Å². The summed E-state index contributed by atoms with van der Waals surface area (Å²) in [7, 11) is 1.61. The van der Waals surface area contributed by atoms with Crippen molar-refractivity contribution >= 4 is 17.6 Å². The van der Waals surface area contributed by atoms with Crippen LogP contribution in [0.1, 0.15) is 16.9 Å². The van der Waals surface area contributed by atoms with Gasteiger partial charge in [-0.25, -0.2) is 9.78 Å². The molecule has 0 bridgehead atoms. The summed E-state index contributed by atoms with van der Waals surface area (Å²) in [6, 6.07) is 0. The maximum Gasteiger partial charge on any atom is 0.358 e. The first-order chi connectivity index (χ1) is 8.74. The highest BCUT2D eigenvalue weighted by Crippen LogP contribution is 2.03. The molecule has 1 heterocycles. The normalized spacial score (nSPS) is 10.3. The second-order valence-electron chi connectivity index (χ2n) is 3.32. The first kappa shape index (κ1) is 14.8. The van der Waals surface area contributed by atoms with Crippen molar-refractivity contribution in [3.8, 4) is 0 Å². The molecule has 18 heavy (non-hydrogen) atoms. The summed E-state index contributed by atoms with van der Waals surface area (Å²) in [5.41, 5.74) is 0.0998. The van der Waals surface area contributed by atoms with Gasteiger partial charge in [0.25, 0.3) is 0 Å². The molecule has 0 radical (unpaired) electrons. The van der Waals surface area contributed by atoms with Gasteiger partial charge < -0.3 is 14.2 Å². The number of aromatic nitrogens is 2. The molecule has 1 aromatic heterocycles. The molecule has 0 spiro atoms. The Balaban J connectivity index is 2.14. The van der Waals surface area contributed by atoms with Crippen LogP contribution in [-0.4, -0.2) is 49.5 Å². The van der Waals surface area contributed by atoms with E-state index in [1.807, 2.05) is 0 Å². The molecular weight excluding hydrogens is 260 g/mol. The van der Waals surface area contributed by atoms with Crippen molar-refractivity contribution in [3.63, 3.8) is 0 Å². The second kappa shape index (κ2) is 8.79. The van der Waals surface area contributed by atoms with Crippen molar-refractivity contribution in [2.24, 2.45) is 0 Å². The van der Waals surface area contributed by atoms with E-state index in [1.54, 1.807) is 7.11 Å². The molecule has 1 rings (SSSR count). The first-order valence-corrected chi connectivity index (χ1v) is 5.83. The highest BCUT2D eigenvalue weighted by molar-refractivity contribution is 6.29. The van der Waals surface area contributed by atoms with Crippen molar-refractivity contribution in [2.45, 2.75) is 6.42 Å². The van der Waals surface area contributed by atoms with Crippen LogP contribution < -0.4 is 0 Å². The molecule has 0 N–H and O–H groups in total. The average Bonchev–Trinajstić information content (AvgIpc) is 2.37. The fraction of sp³-hybridized carbons (Fsp3) is 0.545. The zero-order chi connectivity index (χ0) is 13.2. The number of hydrogen-bond acceptors (Lipinski definition) is 6. The lowest BCUT2D eigenvalue weighted by atomic mass is 10.4. The van der Waals surface area contributed by atoms with Crippen LogP contribution in [0.15, 0.2) is 12.4 Å². The highest BCUT2D eigenvalue weighted by Gasteiger charge is 2.09. The van der Waals surface area contributed by atoms with Crippen molar-refractivity contribution in [2.75, 3.05) is 33.5 Å². The monoisotopic (exact) mass is 274 g/mol. The Morgan fingerprint density at radius 3 is 2.83 bits per heavy atom. The average molecular weight is 275 g/mol. The Hall–Kier alpha value is -1.24. The zero-order valence-corrected chi connectivity index (χ0v) is 10.9. The fourth-order valence-electron chi connectivity index (χ4n) is 1.08. The van der Waals surface area contributed by atoms with E-state index in [2.05, 4.69) is 9.97 Å². The Kier molecular flexibility index (Phi) is 7.24. The van der Waals surface area contributed by atoms with E-state index in [4.69, 9.17) is 25.8 Å². The summed E-state index contributed by atoms with van der Waals surface area (Å²) >= 11 is 5.61. The third-order valence-corrected chi connectivity index (χ3v) is 2.09. The van der Waals surface area contributed by atoms with E-state index in [-0.39, 0.29) is 17.5 Å². The van der Waals surface area contributed by atoms with Crippen molar-refractivity contribution in [1.29, 1.82) is 0 Å². The quantitative estimate of drug-likeness (QED) is 0.526. The van der Waals surface area contributed by atoms with Crippen LogP contribution in [0.4, 0.5) is 0 Å². The SMILES string of the molecule is COCCOCCCOC(=O)c1cncc(Cl)n1. The standard InChI is InChI=1S/C11H15ClN2O4/c1-16-5-6-17-3-2-4-18-11(15)9-7-13-8-10(12)14-9/h7-8H,2-6H2,1H3. The highest BCUT2D eigenvalue weighted by atomic mass is 35.5. The van der Waals surface area contributed by atoms with Gasteiger partial charge in [-0.3, -0.25) is 4.98 Å².